The lowest BCUT2D eigenvalue weighted by Gasteiger charge is -2.12. The van der Waals surface area contributed by atoms with Crippen LogP contribution in [0.3, 0.4) is 0 Å². The van der Waals surface area contributed by atoms with Gasteiger partial charge in [0.05, 0.1) is 0 Å². The van der Waals surface area contributed by atoms with Gasteiger partial charge < -0.3 is 4.90 Å². The van der Waals surface area contributed by atoms with Crippen molar-refractivity contribution < 1.29 is 4.79 Å². The van der Waals surface area contributed by atoms with Crippen LogP contribution < -0.4 is 0 Å². The van der Waals surface area contributed by atoms with Crippen LogP contribution in [0.2, 0.25) is 0 Å². The number of rotatable bonds is 1. The summed E-state index contributed by atoms with van der Waals surface area (Å²) in [6.07, 6.45) is 2.84. The maximum absolute atomic E-state index is 10.5. The van der Waals surface area contributed by atoms with Gasteiger partial charge in [-0.3, -0.25) is 0 Å². The van der Waals surface area contributed by atoms with Crippen molar-refractivity contribution in [3.63, 3.8) is 0 Å². The summed E-state index contributed by atoms with van der Waals surface area (Å²) < 4.78 is 0. The number of nitrogens with zero attached hydrogens (tertiary/aromatic N) is 1. The quantitative estimate of drug-likeness (QED) is 0.424. The van der Waals surface area contributed by atoms with Crippen LogP contribution in [0.4, 0.5) is 0 Å². The fraction of sp³-hybridized carbons (Fsp3) is 0.500. The molecule has 0 aromatic rings. The Morgan fingerprint density at radius 3 is 2.58 bits per heavy atom. The van der Waals surface area contributed by atoms with Crippen LogP contribution in [0.15, 0.2) is 5.70 Å². The molecule has 1 saturated heterocycles. The molecule has 0 atom stereocenters. The minimum Gasteiger partial charge on any atom is -0.356 e. The lowest BCUT2D eigenvalue weighted by molar-refractivity contribution is 0.443. The fourth-order valence-corrected chi connectivity index (χ4v) is 1.26. The van der Waals surface area contributed by atoms with Crippen molar-refractivity contribution in [2.24, 2.45) is 0 Å². The third kappa shape index (κ3) is 2.15. The van der Waals surface area contributed by atoms with Crippen molar-refractivity contribution in [1.82, 2.24) is 4.90 Å². The van der Waals surface area contributed by atoms with Crippen LogP contribution in [0.5, 0.6) is 0 Å². The molecule has 1 aliphatic heterocycles. The normalized spacial score (nSPS) is 14.9. The molecule has 0 amide bonds. The van der Waals surface area contributed by atoms with Crippen molar-refractivity contribution in [3.8, 4) is 11.8 Å². The fourth-order valence-electron chi connectivity index (χ4n) is 1.26. The highest BCUT2D eigenvalue weighted by Gasteiger charge is 2.13. The molecule has 12 heavy (non-hydrogen) atoms. The van der Waals surface area contributed by atoms with E-state index in [4.69, 9.17) is 0 Å². The minimum absolute atomic E-state index is 0.496. The van der Waals surface area contributed by atoms with E-state index in [-0.39, 0.29) is 0 Å². The molecule has 1 rings (SSSR count). The Hall–Kier alpha value is -1.19. The van der Waals surface area contributed by atoms with Crippen LogP contribution in [-0.4, -0.2) is 23.9 Å². The van der Waals surface area contributed by atoms with Crippen molar-refractivity contribution in [2.75, 3.05) is 13.1 Å². The molecule has 0 bridgehead atoms. The van der Waals surface area contributed by atoms with E-state index in [1.165, 1.54) is 0 Å². The first-order valence-corrected chi connectivity index (χ1v) is 4.16. The van der Waals surface area contributed by atoms with Crippen molar-refractivity contribution in [3.05, 3.63) is 12.6 Å². The average molecular weight is 162 g/mol. The van der Waals surface area contributed by atoms with E-state index in [2.05, 4.69) is 18.8 Å². The molecule has 1 aliphatic rings. The number of allylic oxidation sites excluding steroid dienone is 1. The van der Waals surface area contributed by atoms with E-state index < -0.39 is 0 Å². The Morgan fingerprint density at radius 2 is 2.08 bits per heavy atom. The zero-order valence-corrected chi connectivity index (χ0v) is 7.10. The highest BCUT2D eigenvalue weighted by Crippen LogP contribution is 2.11. The third-order valence-electron chi connectivity index (χ3n) is 1.85. The summed E-state index contributed by atoms with van der Waals surface area (Å²) in [4.78, 5) is 12.5. The number of likely N-dealkylation sites (tertiary alicyclic amines) is 1. The maximum Gasteiger partial charge on any atom is 0.174 e. The van der Waals surface area contributed by atoms with Gasteiger partial charge in [0.25, 0.3) is 0 Å². The standard InChI is InChI=1S/C10H12NO/c1-2-3-6-10(9-12)11-7-4-5-8-11/h1-2,4-5,7-8H2. The third-order valence-corrected chi connectivity index (χ3v) is 1.85. The summed E-state index contributed by atoms with van der Waals surface area (Å²) in [5.74, 6) is 7.41. The second-order valence-corrected chi connectivity index (χ2v) is 2.70. The molecule has 0 aromatic heterocycles. The molecule has 0 spiro atoms. The van der Waals surface area contributed by atoms with Gasteiger partial charge in [-0.15, -0.1) is 0 Å². The SMILES string of the molecule is [CH2]CC#CC(=C=O)N1CCCC1. The van der Waals surface area contributed by atoms with Gasteiger partial charge in [-0.05, 0) is 25.7 Å². The summed E-state index contributed by atoms with van der Waals surface area (Å²) in [6.45, 7) is 5.47. The second-order valence-electron chi connectivity index (χ2n) is 2.70. The van der Waals surface area contributed by atoms with Gasteiger partial charge in [0.2, 0.25) is 0 Å². The summed E-state index contributed by atoms with van der Waals surface area (Å²) in [5, 5.41) is 0. The average Bonchev–Trinajstić information content (AvgIpc) is 2.59. The Labute approximate surface area is 73.2 Å². The molecule has 1 fully saturated rings. The van der Waals surface area contributed by atoms with E-state index in [1.54, 1.807) is 0 Å². The molecule has 1 radical (unpaired) electrons. The smallest absolute Gasteiger partial charge is 0.174 e. The molecule has 2 nitrogen and oxygen atoms in total. The number of carbonyl (C=O) groups excluding carboxylic acids is 1. The molecule has 1 heterocycles. The van der Waals surface area contributed by atoms with E-state index in [0.717, 1.165) is 25.9 Å². The Balaban J connectivity index is 2.62. The largest absolute Gasteiger partial charge is 0.356 e. The highest BCUT2D eigenvalue weighted by molar-refractivity contribution is 5.59. The highest BCUT2D eigenvalue weighted by atomic mass is 16.1. The minimum atomic E-state index is 0.496. The van der Waals surface area contributed by atoms with Crippen molar-refractivity contribution in [2.45, 2.75) is 19.3 Å². The summed E-state index contributed by atoms with van der Waals surface area (Å²) in [6, 6.07) is 0. The van der Waals surface area contributed by atoms with Gasteiger partial charge in [0.15, 0.2) is 11.6 Å². The van der Waals surface area contributed by atoms with E-state index in [9.17, 15) is 4.79 Å². The summed E-state index contributed by atoms with van der Waals surface area (Å²) in [7, 11) is 0. The van der Waals surface area contributed by atoms with E-state index in [0.29, 0.717) is 12.1 Å². The molecule has 2 heteroatoms. The molecule has 0 aromatic carbocycles. The number of hydrogen-bond donors (Lipinski definition) is 0. The van der Waals surface area contributed by atoms with Gasteiger partial charge in [0.1, 0.15) is 0 Å². The summed E-state index contributed by atoms with van der Waals surface area (Å²) in [5.41, 5.74) is 0.496. The summed E-state index contributed by atoms with van der Waals surface area (Å²) >= 11 is 0. The topological polar surface area (TPSA) is 20.3 Å². The predicted octanol–water partition coefficient (Wildman–Crippen LogP) is 1.03. The lowest BCUT2D eigenvalue weighted by Crippen LogP contribution is -2.17. The molecule has 0 unspecified atom stereocenters. The molecular weight excluding hydrogens is 150 g/mol. The monoisotopic (exact) mass is 162 g/mol. The Kier molecular flexibility index (Phi) is 3.44. The van der Waals surface area contributed by atoms with E-state index >= 15 is 0 Å². The van der Waals surface area contributed by atoms with Crippen molar-refractivity contribution >= 4 is 5.94 Å². The molecular formula is C10H12NO. The van der Waals surface area contributed by atoms with Crippen molar-refractivity contribution in [1.29, 1.82) is 0 Å². The Morgan fingerprint density at radius 1 is 1.42 bits per heavy atom. The van der Waals surface area contributed by atoms with Crippen LogP contribution >= 0.6 is 0 Å². The maximum atomic E-state index is 10.5. The zero-order valence-electron chi connectivity index (χ0n) is 7.10. The molecule has 0 saturated carbocycles. The van der Waals surface area contributed by atoms with Crippen LogP contribution in [0.25, 0.3) is 0 Å². The Bertz CT molecular complexity index is 247. The van der Waals surface area contributed by atoms with Gasteiger partial charge >= 0.3 is 0 Å². The first kappa shape index (κ1) is 8.90. The van der Waals surface area contributed by atoms with Gasteiger partial charge in [-0.1, -0.05) is 5.92 Å². The van der Waals surface area contributed by atoms with Gasteiger partial charge in [-0.25, -0.2) is 4.79 Å². The van der Waals surface area contributed by atoms with Crippen LogP contribution in [0.1, 0.15) is 19.3 Å². The molecule has 63 valence electrons. The van der Waals surface area contributed by atoms with Crippen LogP contribution in [-0.2, 0) is 4.79 Å². The second kappa shape index (κ2) is 4.64. The van der Waals surface area contributed by atoms with Gasteiger partial charge in [0, 0.05) is 19.5 Å². The van der Waals surface area contributed by atoms with Gasteiger partial charge in [-0.2, -0.15) is 0 Å². The lowest BCUT2D eigenvalue weighted by atomic mass is 10.4. The molecule has 0 aliphatic carbocycles. The first-order chi connectivity index (χ1) is 5.88. The predicted molar refractivity (Wildman–Crippen MR) is 47.8 cm³/mol. The first-order valence-electron chi connectivity index (χ1n) is 4.16. The van der Waals surface area contributed by atoms with E-state index in [1.807, 2.05) is 10.8 Å². The van der Waals surface area contributed by atoms with Crippen LogP contribution in [0, 0.1) is 18.8 Å². The number of hydrogen-bond acceptors (Lipinski definition) is 2. The zero-order chi connectivity index (χ0) is 8.81. The molecule has 0 N–H and O–H groups in total.